The van der Waals surface area contributed by atoms with Crippen LogP contribution in [-0.4, -0.2) is 17.6 Å². The van der Waals surface area contributed by atoms with Crippen molar-refractivity contribution in [3.05, 3.63) is 65.9 Å². The summed E-state index contributed by atoms with van der Waals surface area (Å²) in [6.45, 7) is 0.604. The zero-order valence-electron chi connectivity index (χ0n) is 13.3. The SMILES string of the molecule is COc1cccc(CNC(=O)Cn2cc(C#N)c3ccccc32)c1. The largest absolute Gasteiger partial charge is 0.497 e. The minimum absolute atomic E-state index is 0.108. The number of ether oxygens (including phenoxy) is 1. The normalized spacial score (nSPS) is 10.3. The van der Waals surface area contributed by atoms with Crippen LogP contribution >= 0.6 is 0 Å². The predicted molar refractivity (Wildman–Crippen MR) is 91.5 cm³/mol. The van der Waals surface area contributed by atoms with Crippen molar-refractivity contribution in [3.63, 3.8) is 0 Å². The van der Waals surface area contributed by atoms with Gasteiger partial charge in [-0.2, -0.15) is 5.26 Å². The minimum Gasteiger partial charge on any atom is -0.497 e. The van der Waals surface area contributed by atoms with Gasteiger partial charge in [-0.05, 0) is 23.8 Å². The number of methoxy groups -OCH3 is 1. The number of nitrogens with one attached hydrogen (secondary N) is 1. The van der Waals surface area contributed by atoms with E-state index in [0.717, 1.165) is 22.2 Å². The molecule has 3 aromatic rings. The van der Waals surface area contributed by atoms with Crippen molar-refractivity contribution in [1.29, 1.82) is 5.26 Å². The molecule has 1 aromatic heterocycles. The van der Waals surface area contributed by atoms with Crippen molar-refractivity contribution in [2.75, 3.05) is 7.11 Å². The van der Waals surface area contributed by atoms with E-state index in [9.17, 15) is 10.1 Å². The second-order valence-corrected chi connectivity index (χ2v) is 5.43. The summed E-state index contributed by atoms with van der Waals surface area (Å²) in [5, 5.41) is 13.0. The van der Waals surface area contributed by atoms with Crippen LogP contribution in [0, 0.1) is 11.3 Å². The van der Waals surface area contributed by atoms with Gasteiger partial charge in [-0.1, -0.05) is 30.3 Å². The van der Waals surface area contributed by atoms with Crippen LogP contribution in [0.5, 0.6) is 5.75 Å². The Kier molecular flexibility index (Phi) is 4.48. The molecule has 0 spiro atoms. The number of nitriles is 1. The van der Waals surface area contributed by atoms with Gasteiger partial charge in [-0.25, -0.2) is 0 Å². The van der Waals surface area contributed by atoms with E-state index in [4.69, 9.17) is 4.74 Å². The van der Waals surface area contributed by atoms with E-state index in [0.29, 0.717) is 12.1 Å². The maximum Gasteiger partial charge on any atom is 0.240 e. The quantitative estimate of drug-likeness (QED) is 0.786. The van der Waals surface area contributed by atoms with Gasteiger partial charge in [0, 0.05) is 23.6 Å². The summed E-state index contributed by atoms with van der Waals surface area (Å²) in [6.07, 6.45) is 1.72. The molecule has 0 radical (unpaired) electrons. The Balaban J connectivity index is 1.70. The van der Waals surface area contributed by atoms with Crippen molar-refractivity contribution in [1.82, 2.24) is 9.88 Å². The standard InChI is InChI=1S/C19H17N3O2/c1-24-16-6-4-5-14(9-16)11-21-19(23)13-22-12-15(10-20)17-7-2-3-8-18(17)22/h2-9,12H,11,13H2,1H3,(H,21,23). The van der Waals surface area contributed by atoms with Gasteiger partial charge in [-0.15, -0.1) is 0 Å². The second-order valence-electron chi connectivity index (χ2n) is 5.43. The molecule has 0 aliphatic heterocycles. The number of hydrogen-bond acceptors (Lipinski definition) is 3. The van der Waals surface area contributed by atoms with Crippen LogP contribution in [0.25, 0.3) is 10.9 Å². The average Bonchev–Trinajstić information content (AvgIpc) is 2.98. The van der Waals surface area contributed by atoms with E-state index < -0.39 is 0 Å². The molecule has 24 heavy (non-hydrogen) atoms. The van der Waals surface area contributed by atoms with Gasteiger partial charge < -0.3 is 14.6 Å². The average molecular weight is 319 g/mol. The first-order chi connectivity index (χ1) is 11.7. The molecular weight excluding hydrogens is 302 g/mol. The zero-order valence-corrected chi connectivity index (χ0v) is 13.3. The Morgan fingerprint density at radius 1 is 1.25 bits per heavy atom. The van der Waals surface area contributed by atoms with Crippen LogP contribution in [0.4, 0.5) is 0 Å². The highest BCUT2D eigenvalue weighted by Gasteiger charge is 2.10. The molecule has 0 unspecified atom stereocenters. The summed E-state index contributed by atoms with van der Waals surface area (Å²) in [7, 11) is 1.61. The molecule has 0 aliphatic carbocycles. The topological polar surface area (TPSA) is 67.0 Å². The first kappa shape index (κ1) is 15.6. The van der Waals surface area contributed by atoms with Crippen LogP contribution in [0.1, 0.15) is 11.1 Å². The third-order valence-electron chi connectivity index (χ3n) is 3.85. The van der Waals surface area contributed by atoms with Crippen molar-refractivity contribution < 1.29 is 9.53 Å². The Bertz CT molecular complexity index is 922. The number of nitrogens with zero attached hydrogens (tertiary/aromatic N) is 2. The molecule has 1 N–H and O–H groups in total. The number of aromatic nitrogens is 1. The summed E-state index contributed by atoms with van der Waals surface area (Å²) in [4.78, 5) is 12.2. The molecule has 0 fully saturated rings. The number of carbonyl (C=O) groups is 1. The maximum atomic E-state index is 12.2. The van der Waals surface area contributed by atoms with E-state index in [1.54, 1.807) is 17.9 Å². The smallest absolute Gasteiger partial charge is 0.240 e. The summed E-state index contributed by atoms with van der Waals surface area (Å²) in [6, 6.07) is 17.3. The molecule has 0 saturated heterocycles. The zero-order chi connectivity index (χ0) is 16.9. The first-order valence-electron chi connectivity index (χ1n) is 7.59. The van der Waals surface area contributed by atoms with E-state index in [1.807, 2.05) is 48.5 Å². The Morgan fingerprint density at radius 3 is 2.88 bits per heavy atom. The van der Waals surface area contributed by atoms with Gasteiger partial charge in [-0.3, -0.25) is 4.79 Å². The highest BCUT2D eigenvalue weighted by molar-refractivity contribution is 5.88. The molecule has 0 bridgehead atoms. The number of para-hydroxylation sites is 1. The molecule has 120 valence electrons. The summed E-state index contributed by atoms with van der Waals surface area (Å²) < 4.78 is 6.97. The molecule has 1 heterocycles. The fourth-order valence-corrected chi connectivity index (χ4v) is 2.66. The summed E-state index contributed by atoms with van der Waals surface area (Å²) in [5.41, 5.74) is 2.43. The third kappa shape index (κ3) is 3.23. The first-order valence-corrected chi connectivity index (χ1v) is 7.59. The van der Waals surface area contributed by atoms with E-state index in [2.05, 4.69) is 11.4 Å². The predicted octanol–water partition coefficient (Wildman–Crippen LogP) is 2.84. The summed E-state index contributed by atoms with van der Waals surface area (Å²) in [5.74, 6) is 0.653. The van der Waals surface area contributed by atoms with Gasteiger partial charge in [0.25, 0.3) is 0 Å². The Labute approximate surface area is 140 Å². The number of rotatable bonds is 5. The van der Waals surface area contributed by atoms with Gasteiger partial charge in [0.2, 0.25) is 5.91 Å². The highest BCUT2D eigenvalue weighted by atomic mass is 16.5. The number of carbonyl (C=O) groups excluding carboxylic acids is 1. The minimum atomic E-state index is -0.108. The van der Waals surface area contributed by atoms with Crippen LogP contribution < -0.4 is 10.1 Å². The third-order valence-corrected chi connectivity index (χ3v) is 3.85. The van der Waals surface area contributed by atoms with Gasteiger partial charge in [0.1, 0.15) is 18.4 Å². The van der Waals surface area contributed by atoms with Crippen LogP contribution in [0.15, 0.2) is 54.7 Å². The maximum absolute atomic E-state index is 12.2. The summed E-state index contributed by atoms with van der Waals surface area (Å²) >= 11 is 0. The van der Waals surface area contributed by atoms with Crippen LogP contribution in [0.2, 0.25) is 0 Å². The molecule has 0 atom stereocenters. The van der Waals surface area contributed by atoms with E-state index >= 15 is 0 Å². The van der Waals surface area contributed by atoms with E-state index in [-0.39, 0.29) is 12.5 Å². The molecule has 5 nitrogen and oxygen atoms in total. The van der Waals surface area contributed by atoms with Crippen molar-refractivity contribution in [2.24, 2.45) is 0 Å². The van der Waals surface area contributed by atoms with Crippen LogP contribution in [0.3, 0.4) is 0 Å². The van der Waals surface area contributed by atoms with Gasteiger partial charge in [0.15, 0.2) is 0 Å². The molecule has 2 aromatic carbocycles. The number of fused-ring (bicyclic) bond motifs is 1. The van der Waals surface area contributed by atoms with Crippen molar-refractivity contribution >= 4 is 16.8 Å². The lowest BCUT2D eigenvalue weighted by atomic mass is 10.2. The van der Waals surface area contributed by atoms with Crippen molar-refractivity contribution in [2.45, 2.75) is 13.1 Å². The van der Waals surface area contributed by atoms with Gasteiger partial charge >= 0.3 is 0 Å². The van der Waals surface area contributed by atoms with E-state index in [1.165, 1.54) is 0 Å². The number of benzene rings is 2. The number of hydrogen-bond donors (Lipinski definition) is 1. The lowest BCUT2D eigenvalue weighted by Gasteiger charge is -2.08. The monoisotopic (exact) mass is 319 g/mol. The fraction of sp³-hybridized carbons (Fsp3) is 0.158. The highest BCUT2D eigenvalue weighted by Crippen LogP contribution is 2.20. The fourth-order valence-electron chi connectivity index (χ4n) is 2.66. The Morgan fingerprint density at radius 2 is 2.08 bits per heavy atom. The second kappa shape index (κ2) is 6.88. The van der Waals surface area contributed by atoms with Crippen molar-refractivity contribution in [3.8, 4) is 11.8 Å². The number of amides is 1. The molecule has 0 aliphatic rings. The molecule has 3 rings (SSSR count). The molecule has 0 saturated carbocycles. The van der Waals surface area contributed by atoms with Gasteiger partial charge in [0.05, 0.1) is 12.7 Å². The molecule has 5 heteroatoms. The Hall–Kier alpha value is -3.26. The lowest BCUT2D eigenvalue weighted by Crippen LogP contribution is -2.26. The lowest BCUT2D eigenvalue weighted by molar-refractivity contribution is -0.121. The molecular formula is C19H17N3O2. The molecule has 1 amide bonds. The van der Waals surface area contributed by atoms with Crippen LogP contribution in [-0.2, 0) is 17.9 Å².